The highest BCUT2D eigenvalue weighted by Gasteiger charge is 2.53. The third-order valence-corrected chi connectivity index (χ3v) is 14.7. The van der Waals surface area contributed by atoms with E-state index in [1.165, 1.54) is 20.3 Å². The van der Waals surface area contributed by atoms with Gasteiger partial charge in [-0.15, -0.1) is 0 Å². The fourth-order valence-corrected chi connectivity index (χ4v) is 10.6. The van der Waals surface area contributed by atoms with Crippen molar-refractivity contribution in [1.82, 2.24) is 4.90 Å². The number of rotatable bonds is 18. The minimum atomic E-state index is -1.53. The number of aliphatic hydroxyl groups excluding tert-OH is 2. The number of methoxy groups -OCH3 is 2. The van der Waals surface area contributed by atoms with E-state index in [0.717, 1.165) is 6.29 Å². The number of esters is 3. The number of nitrogens with zero attached hydrogens (tertiary/aromatic N) is 1. The van der Waals surface area contributed by atoms with E-state index in [1.807, 2.05) is 26.8 Å². The molecular weight excluding hydrogens is 967 g/mol. The number of ether oxygens (including phenoxy) is 11. The molecule has 0 aromatic rings. The van der Waals surface area contributed by atoms with Crippen LogP contribution < -0.4 is 0 Å². The lowest BCUT2D eigenvalue weighted by Crippen LogP contribution is -2.65. The maximum absolute atomic E-state index is 14.3. The zero-order valence-electron chi connectivity index (χ0n) is 46.4. The van der Waals surface area contributed by atoms with E-state index in [-0.39, 0.29) is 50.4 Å². The van der Waals surface area contributed by atoms with Gasteiger partial charge in [-0.05, 0) is 79.5 Å². The first kappa shape index (κ1) is 63.3. The molecule has 20 nitrogen and oxygen atoms in total. The van der Waals surface area contributed by atoms with Crippen LogP contribution in [0.25, 0.3) is 0 Å². The number of ketones is 1. The Morgan fingerprint density at radius 1 is 0.865 bits per heavy atom. The second-order valence-electron chi connectivity index (χ2n) is 21.6. The second-order valence-corrected chi connectivity index (χ2v) is 21.6. The Bertz CT molecular complexity index is 1870. The normalized spacial score (nSPS) is 41.2. The van der Waals surface area contributed by atoms with Crippen LogP contribution in [0.5, 0.6) is 0 Å². The molecule has 0 aromatic heterocycles. The molecule has 424 valence electrons. The summed E-state index contributed by atoms with van der Waals surface area (Å²) in [5.41, 5.74) is -0.864. The maximum atomic E-state index is 14.3. The van der Waals surface area contributed by atoms with Crippen molar-refractivity contribution in [2.75, 3.05) is 34.9 Å². The first-order valence-electron chi connectivity index (χ1n) is 26.4. The molecule has 0 aromatic carbocycles. The van der Waals surface area contributed by atoms with E-state index in [2.05, 4.69) is 0 Å². The predicted octanol–water partition coefficient (Wildman–Crippen LogP) is 4.39. The summed E-state index contributed by atoms with van der Waals surface area (Å²) >= 11 is 0. The summed E-state index contributed by atoms with van der Waals surface area (Å²) in [7, 11) is 6.42. The van der Waals surface area contributed by atoms with Gasteiger partial charge in [-0.3, -0.25) is 19.2 Å². The highest BCUT2D eigenvalue weighted by atomic mass is 16.7. The van der Waals surface area contributed by atoms with Crippen molar-refractivity contribution >= 4 is 30.0 Å². The predicted molar refractivity (Wildman–Crippen MR) is 268 cm³/mol. The van der Waals surface area contributed by atoms with Crippen LogP contribution in [0.15, 0.2) is 23.8 Å². The average Bonchev–Trinajstić information content (AvgIpc) is 3.32. The number of aldehydes is 1. The number of hydrogen-bond acceptors (Lipinski definition) is 20. The molecule has 4 aliphatic rings. The quantitative estimate of drug-likeness (QED) is 0.0978. The highest BCUT2D eigenvalue weighted by Crippen LogP contribution is 2.39. The molecule has 0 aliphatic carbocycles. The second kappa shape index (κ2) is 28.9. The largest absolute Gasteiger partial charge is 0.462 e. The number of hydrogen-bond donors (Lipinski definition) is 3. The molecule has 4 heterocycles. The first-order valence-corrected chi connectivity index (χ1v) is 26.4. The van der Waals surface area contributed by atoms with Gasteiger partial charge in [0, 0.05) is 57.7 Å². The molecule has 0 spiro atoms. The zero-order chi connectivity index (χ0) is 55.4. The monoisotopic (exact) mass is 1060 g/mol. The third kappa shape index (κ3) is 16.9. The third-order valence-electron chi connectivity index (χ3n) is 14.7. The van der Waals surface area contributed by atoms with Crippen LogP contribution in [0.2, 0.25) is 0 Å². The van der Waals surface area contributed by atoms with Crippen LogP contribution in [0, 0.1) is 29.6 Å². The Morgan fingerprint density at radius 2 is 1.53 bits per heavy atom. The van der Waals surface area contributed by atoms with Crippen LogP contribution in [-0.4, -0.2) is 189 Å². The number of aliphatic hydroxyl groups is 3. The molecule has 3 saturated heterocycles. The first-order chi connectivity index (χ1) is 34.8. The van der Waals surface area contributed by atoms with E-state index in [0.29, 0.717) is 12.0 Å². The van der Waals surface area contributed by atoms with E-state index >= 15 is 0 Å². The molecule has 3 N–H and O–H groups in total. The lowest BCUT2D eigenvalue weighted by molar-refractivity contribution is -0.342. The van der Waals surface area contributed by atoms with E-state index in [1.54, 1.807) is 80.5 Å². The zero-order valence-corrected chi connectivity index (χ0v) is 46.4. The summed E-state index contributed by atoms with van der Waals surface area (Å²) in [4.78, 5) is 68.4. The van der Waals surface area contributed by atoms with Crippen LogP contribution >= 0.6 is 0 Å². The van der Waals surface area contributed by atoms with Crippen LogP contribution in [-0.2, 0) is 76.1 Å². The van der Waals surface area contributed by atoms with Crippen LogP contribution in [0.3, 0.4) is 0 Å². The summed E-state index contributed by atoms with van der Waals surface area (Å²) in [6, 6.07) is -0.810. The van der Waals surface area contributed by atoms with Gasteiger partial charge in [0.2, 0.25) is 0 Å². The SMILES string of the molecule is CCC(=O)O[C@@H]1CC(=O)O[C@@H](CC)C(COC2OC(C)C(O)C(OC)C2OC)/C=C(C)\C=C/C(=O)[C@H](C)C[C@H](CC=O)[C@H](OC2OC(C)C(OC3CC(C)(O)C(OC(=O)CC(C)C)C(C)O3)C(N(C)C)C2O)[C@H]1C. The number of allylic oxidation sites excluding steroid dienone is 3. The Labute approximate surface area is 438 Å². The molecule has 0 amide bonds. The van der Waals surface area contributed by atoms with E-state index in [9.17, 15) is 39.3 Å². The summed E-state index contributed by atoms with van der Waals surface area (Å²) in [5, 5.41) is 34.6. The van der Waals surface area contributed by atoms with Crippen molar-refractivity contribution in [1.29, 1.82) is 0 Å². The number of carbonyl (C=O) groups is 5. The molecule has 0 bridgehead atoms. The molecule has 0 radical (unpaired) electrons. The Hall–Kier alpha value is -3.25. The summed E-state index contributed by atoms with van der Waals surface area (Å²) in [6.07, 6.45) is -8.67. The fourth-order valence-electron chi connectivity index (χ4n) is 10.6. The standard InChI is InChI=1S/C54H89NO19/c1-16-38-36(27-66-53-50(65-15)49(64-14)45(61)32(8)68-53)23-29(5)18-19-37(57)30(6)24-35(20-21-56)47(31(7)39(25-42(60)70-38)71-40(58)17-2)74-52-46(62)44(55(12)13)48(33(9)69-52)73-43-26-54(11,63)51(34(10)67-43)72-41(59)22-28(3)4/h18-19,21,23,28,30-36,38-39,43-53,61-63H,16-17,20,22,24-27H2,1-15H3/b19-18-,29-23-/t30-,31+,32?,33?,34?,35+,36?,38+,39-,43?,44?,45?,46?,47-,48?,49?,50?,51?,52?,53?,54?/m1/s1. The van der Waals surface area contributed by atoms with Gasteiger partial charge < -0.3 is 77.1 Å². The Kier molecular flexibility index (Phi) is 24.7. The fraction of sp³-hybridized carbons (Fsp3) is 0.833. The van der Waals surface area contributed by atoms with Crippen molar-refractivity contribution in [3.63, 3.8) is 0 Å². The lowest BCUT2D eigenvalue weighted by atomic mass is 9.79. The minimum absolute atomic E-state index is 0.0253. The Balaban J connectivity index is 1.68. The van der Waals surface area contributed by atoms with Gasteiger partial charge in [-0.1, -0.05) is 59.3 Å². The maximum Gasteiger partial charge on any atom is 0.309 e. The molecule has 4 rings (SSSR count). The lowest BCUT2D eigenvalue weighted by Gasteiger charge is -2.50. The van der Waals surface area contributed by atoms with Crippen molar-refractivity contribution in [3.05, 3.63) is 23.8 Å². The Morgan fingerprint density at radius 3 is 2.11 bits per heavy atom. The van der Waals surface area contributed by atoms with Gasteiger partial charge in [0.15, 0.2) is 30.8 Å². The van der Waals surface area contributed by atoms with Crippen LogP contribution in [0.1, 0.15) is 121 Å². The average molecular weight is 1060 g/mol. The smallest absolute Gasteiger partial charge is 0.309 e. The molecule has 3 fully saturated rings. The number of carbonyl (C=O) groups excluding carboxylic acids is 5. The molecule has 20 heteroatoms. The van der Waals surface area contributed by atoms with Gasteiger partial charge in [-0.2, -0.15) is 0 Å². The van der Waals surface area contributed by atoms with Crippen molar-refractivity contribution in [2.45, 2.75) is 225 Å². The summed E-state index contributed by atoms with van der Waals surface area (Å²) in [5.74, 6) is -4.78. The number of likely N-dealkylation sites (N-methyl/N-ethyl adjacent to an activating group) is 1. The van der Waals surface area contributed by atoms with Gasteiger partial charge in [0.1, 0.15) is 54.6 Å². The van der Waals surface area contributed by atoms with E-state index in [4.69, 9.17) is 52.1 Å². The molecule has 74 heavy (non-hydrogen) atoms. The molecule has 21 atom stereocenters. The van der Waals surface area contributed by atoms with Gasteiger partial charge in [0.25, 0.3) is 0 Å². The summed E-state index contributed by atoms with van der Waals surface area (Å²) < 4.78 is 67.6. The molecule has 4 aliphatic heterocycles. The highest BCUT2D eigenvalue weighted by molar-refractivity contribution is 5.91. The van der Waals surface area contributed by atoms with Gasteiger partial charge in [0.05, 0.1) is 43.5 Å². The molecular formula is C54H89NO19. The minimum Gasteiger partial charge on any atom is -0.462 e. The van der Waals surface area contributed by atoms with Crippen molar-refractivity contribution in [2.24, 2.45) is 29.6 Å². The topological polar surface area (TPSA) is 251 Å². The van der Waals surface area contributed by atoms with Crippen molar-refractivity contribution < 1.29 is 91.4 Å². The molecule has 0 saturated carbocycles. The molecule has 15 unspecified atom stereocenters. The van der Waals surface area contributed by atoms with Crippen LogP contribution in [0.4, 0.5) is 0 Å². The number of cyclic esters (lactones) is 1. The summed E-state index contributed by atoms with van der Waals surface area (Å²) in [6.45, 7) is 19.2. The van der Waals surface area contributed by atoms with E-state index < -0.39 is 152 Å². The van der Waals surface area contributed by atoms with Crippen molar-refractivity contribution in [3.8, 4) is 0 Å². The van der Waals surface area contributed by atoms with Gasteiger partial charge in [-0.25, -0.2) is 0 Å². The van der Waals surface area contributed by atoms with Gasteiger partial charge >= 0.3 is 17.9 Å².